The van der Waals surface area contributed by atoms with Crippen LogP contribution in [0.1, 0.15) is 38.3 Å². The van der Waals surface area contributed by atoms with Crippen LogP contribution in [0.5, 0.6) is 0 Å². The van der Waals surface area contributed by atoms with Crippen LogP contribution in [0.4, 0.5) is 5.69 Å². The Hall–Kier alpha value is -3.07. The molecule has 0 aliphatic carbocycles. The molecule has 3 aromatic carbocycles. The van der Waals surface area contributed by atoms with Crippen LogP contribution in [0.25, 0.3) is 0 Å². The lowest BCUT2D eigenvalue weighted by Gasteiger charge is -2.32. The number of hydrogen-bond acceptors (Lipinski definition) is 4. The highest BCUT2D eigenvalue weighted by molar-refractivity contribution is 7.92. The van der Waals surface area contributed by atoms with Crippen LogP contribution < -0.4 is 9.62 Å². The standard InChI is InChI=1S/C29H33Cl2N3O4S/c1-5-21(3)32-29(36)22(4)33(18-23-11-13-24(30)14-12-23)28(35)19-34(26-8-6-7-25(31)17-26)39(37,38)27-15-9-20(2)10-16-27/h6-17,21-22H,5,18-19H2,1-4H3,(H,32,36)/t21-,22-/m0/s1. The van der Waals surface area contributed by atoms with Gasteiger partial charge in [0.1, 0.15) is 12.6 Å². The first-order chi connectivity index (χ1) is 18.4. The molecule has 39 heavy (non-hydrogen) atoms. The summed E-state index contributed by atoms with van der Waals surface area (Å²) in [6.07, 6.45) is 0.723. The fourth-order valence-corrected chi connectivity index (χ4v) is 5.55. The van der Waals surface area contributed by atoms with Gasteiger partial charge in [0, 0.05) is 22.6 Å². The third kappa shape index (κ3) is 7.97. The van der Waals surface area contributed by atoms with Gasteiger partial charge in [-0.1, -0.05) is 66.0 Å². The fraction of sp³-hybridized carbons (Fsp3) is 0.310. The summed E-state index contributed by atoms with van der Waals surface area (Å²) in [4.78, 5) is 28.4. The van der Waals surface area contributed by atoms with Crippen LogP contribution in [-0.2, 0) is 26.2 Å². The summed E-state index contributed by atoms with van der Waals surface area (Å²) in [5.74, 6) is -0.880. The van der Waals surface area contributed by atoms with Gasteiger partial charge < -0.3 is 10.2 Å². The molecule has 0 aliphatic heterocycles. The van der Waals surface area contributed by atoms with Crippen molar-refractivity contribution < 1.29 is 18.0 Å². The molecule has 7 nitrogen and oxygen atoms in total. The van der Waals surface area contributed by atoms with Crippen molar-refractivity contribution in [1.29, 1.82) is 0 Å². The molecule has 2 atom stereocenters. The van der Waals surface area contributed by atoms with Crippen LogP contribution in [-0.4, -0.2) is 43.8 Å². The summed E-state index contributed by atoms with van der Waals surface area (Å²) in [5, 5.41) is 3.77. The van der Waals surface area contributed by atoms with Gasteiger partial charge in [-0.05, 0) is 75.2 Å². The van der Waals surface area contributed by atoms with Crippen LogP contribution in [0, 0.1) is 6.92 Å². The van der Waals surface area contributed by atoms with E-state index in [9.17, 15) is 18.0 Å². The van der Waals surface area contributed by atoms with E-state index in [0.717, 1.165) is 21.9 Å². The molecular formula is C29H33Cl2N3O4S. The van der Waals surface area contributed by atoms with Crippen molar-refractivity contribution >= 4 is 50.7 Å². The normalized spacial score (nSPS) is 12.9. The Morgan fingerprint density at radius 1 is 0.923 bits per heavy atom. The maximum Gasteiger partial charge on any atom is 0.264 e. The molecule has 3 rings (SSSR count). The summed E-state index contributed by atoms with van der Waals surface area (Å²) in [6.45, 7) is 6.86. The van der Waals surface area contributed by atoms with E-state index in [4.69, 9.17) is 23.2 Å². The molecule has 0 fully saturated rings. The monoisotopic (exact) mass is 589 g/mol. The van der Waals surface area contributed by atoms with Crippen LogP contribution in [0.3, 0.4) is 0 Å². The SMILES string of the molecule is CC[C@H](C)NC(=O)[C@H](C)N(Cc1ccc(Cl)cc1)C(=O)CN(c1cccc(Cl)c1)S(=O)(=O)c1ccc(C)cc1. The average molecular weight is 591 g/mol. The van der Waals surface area contributed by atoms with Gasteiger partial charge in [0.2, 0.25) is 11.8 Å². The Bertz CT molecular complexity index is 1400. The van der Waals surface area contributed by atoms with Crippen LogP contribution in [0.15, 0.2) is 77.7 Å². The number of rotatable bonds is 11. The predicted octanol–water partition coefficient (Wildman–Crippen LogP) is 5.83. The Morgan fingerprint density at radius 2 is 1.56 bits per heavy atom. The molecule has 1 N–H and O–H groups in total. The lowest BCUT2D eigenvalue weighted by molar-refractivity contribution is -0.139. The third-order valence-electron chi connectivity index (χ3n) is 6.42. The minimum atomic E-state index is -4.15. The molecule has 0 saturated heterocycles. The van der Waals surface area contributed by atoms with Gasteiger partial charge in [-0.3, -0.25) is 13.9 Å². The first-order valence-corrected chi connectivity index (χ1v) is 14.8. The highest BCUT2D eigenvalue weighted by Gasteiger charge is 2.32. The summed E-state index contributed by atoms with van der Waals surface area (Å²) in [7, 11) is -4.15. The maximum atomic E-state index is 13.9. The van der Waals surface area contributed by atoms with E-state index in [2.05, 4.69) is 5.32 Å². The number of carbonyl (C=O) groups excluding carboxylic acids is 2. The number of sulfonamides is 1. The minimum absolute atomic E-state index is 0.0349. The van der Waals surface area contributed by atoms with Crippen molar-refractivity contribution in [2.45, 2.75) is 57.6 Å². The van der Waals surface area contributed by atoms with Crippen molar-refractivity contribution in [2.24, 2.45) is 0 Å². The summed E-state index contributed by atoms with van der Waals surface area (Å²) in [5.41, 5.74) is 1.88. The zero-order chi connectivity index (χ0) is 28.7. The first kappa shape index (κ1) is 30.5. The molecule has 10 heteroatoms. The number of nitrogens with zero attached hydrogens (tertiary/aromatic N) is 2. The Morgan fingerprint density at radius 3 is 2.15 bits per heavy atom. The van der Waals surface area contributed by atoms with E-state index >= 15 is 0 Å². The Kier molecular flexibility index (Phi) is 10.4. The minimum Gasteiger partial charge on any atom is -0.352 e. The molecule has 208 valence electrons. The van der Waals surface area contributed by atoms with E-state index in [1.807, 2.05) is 20.8 Å². The topological polar surface area (TPSA) is 86.8 Å². The number of amides is 2. The van der Waals surface area contributed by atoms with Crippen molar-refractivity contribution in [3.63, 3.8) is 0 Å². The van der Waals surface area contributed by atoms with Gasteiger partial charge >= 0.3 is 0 Å². The smallest absolute Gasteiger partial charge is 0.264 e. The second-order valence-corrected chi connectivity index (χ2v) is 12.2. The van der Waals surface area contributed by atoms with Crippen molar-refractivity contribution in [3.8, 4) is 0 Å². The number of nitrogens with one attached hydrogen (secondary N) is 1. The molecule has 0 heterocycles. The number of anilines is 1. The molecule has 0 radical (unpaired) electrons. The largest absolute Gasteiger partial charge is 0.352 e. The lowest BCUT2D eigenvalue weighted by atomic mass is 10.1. The number of halogens is 2. The van der Waals surface area contributed by atoms with Crippen LogP contribution >= 0.6 is 23.2 Å². The fourth-order valence-electron chi connectivity index (χ4n) is 3.83. The molecule has 2 amide bonds. The summed E-state index contributed by atoms with van der Waals surface area (Å²) >= 11 is 12.2. The zero-order valence-corrected chi connectivity index (χ0v) is 24.7. The van der Waals surface area contributed by atoms with E-state index in [1.54, 1.807) is 61.5 Å². The Balaban J connectivity index is 2.02. The predicted molar refractivity (Wildman–Crippen MR) is 157 cm³/mol. The molecule has 0 aromatic heterocycles. The number of hydrogen-bond donors (Lipinski definition) is 1. The van der Waals surface area contributed by atoms with E-state index in [1.165, 1.54) is 23.1 Å². The van der Waals surface area contributed by atoms with E-state index in [0.29, 0.717) is 10.0 Å². The van der Waals surface area contributed by atoms with Crippen molar-refractivity contribution in [2.75, 3.05) is 10.8 Å². The summed E-state index contributed by atoms with van der Waals surface area (Å²) < 4.78 is 28.7. The van der Waals surface area contributed by atoms with Gasteiger partial charge in [0.15, 0.2) is 0 Å². The Labute approximate surface area is 240 Å². The van der Waals surface area contributed by atoms with E-state index in [-0.39, 0.29) is 29.1 Å². The summed E-state index contributed by atoms with van der Waals surface area (Å²) in [6, 6.07) is 18.7. The maximum absolute atomic E-state index is 13.9. The molecule has 0 unspecified atom stereocenters. The second-order valence-electron chi connectivity index (χ2n) is 9.45. The number of benzene rings is 3. The van der Waals surface area contributed by atoms with Gasteiger partial charge in [0.05, 0.1) is 10.6 Å². The molecular weight excluding hydrogens is 557 g/mol. The number of aryl methyl sites for hydroxylation is 1. The van der Waals surface area contributed by atoms with Crippen molar-refractivity contribution in [1.82, 2.24) is 10.2 Å². The quantitative estimate of drug-likeness (QED) is 0.305. The van der Waals surface area contributed by atoms with Gasteiger partial charge in [-0.15, -0.1) is 0 Å². The molecule has 0 spiro atoms. The van der Waals surface area contributed by atoms with Gasteiger partial charge in [0.25, 0.3) is 10.0 Å². The average Bonchev–Trinajstić information content (AvgIpc) is 2.90. The highest BCUT2D eigenvalue weighted by Crippen LogP contribution is 2.27. The van der Waals surface area contributed by atoms with Gasteiger partial charge in [-0.2, -0.15) is 0 Å². The second kappa shape index (κ2) is 13.3. The van der Waals surface area contributed by atoms with Crippen molar-refractivity contribution in [3.05, 3.63) is 94.0 Å². The molecule has 0 aliphatic rings. The molecule has 0 saturated carbocycles. The molecule has 3 aromatic rings. The molecule has 0 bridgehead atoms. The lowest BCUT2D eigenvalue weighted by Crippen LogP contribution is -2.52. The van der Waals surface area contributed by atoms with E-state index < -0.39 is 28.5 Å². The van der Waals surface area contributed by atoms with Gasteiger partial charge in [-0.25, -0.2) is 8.42 Å². The zero-order valence-electron chi connectivity index (χ0n) is 22.4. The first-order valence-electron chi connectivity index (χ1n) is 12.6. The van der Waals surface area contributed by atoms with Crippen LogP contribution in [0.2, 0.25) is 10.0 Å². The third-order valence-corrected chi connectivity index (χ3v) is 8.69. The highest BCUT2D eigenvalue weighted by atomic mass is 35.5. The number of carbonyl (C=O) groups is 2.